The molecule has 7 nitrogen and oxygen atoms in total. The molecule has 2 aromatic carbocycles. The fourth-order valence-electron chi connectivity index (χ4n) is 7.33. The minimum Gasteiger partial charge on any atom is -0.490 e. The monoisotopic (exact) mass is 767 g/mol. The van der Waals surface area contributed by atoms with E-state index in [-0.39, 0.29) is 34.3 Å². The van der Waals surface area contributed by atoms with Gasteiger partial charge in [0.15, 0.2) is 11.6 Å². The summed E-state index contributed by atoms with van der Waals surface area (Å²) in [6.07, 6.45) is -3.11. The number of likely N-dealkylation sites (tertiary alicyclic amines) is 1. The van der Waals surface area contributed by atoms with Gasteiger partial charge in [0.1, 0.15) is 0 Å². The van der Waals surface area contributed by atoms with Crippen molar-refractivity contribution in [1.29, 1.82) is 0 Å². The Kier molecular flexibility index (Phi) is 12.6. The third-order valence-electron chi connectivity index (χ3n) is 10.5. The SMILES string of the molecule is CC=S(/C=C/c1c(C)cc(C(=O)N2CCC(O)CC2)cc1C)N1CCC2(CC1)CC(C)=C(c1ccc(F)c(OCCCC(F)(F)C(F)(F)F)c1)NC2=O. The Morgan fingerprint density at radius 1 is 1.04 bits per heavy atom. The van der Waals surface area contributed by atoms with Crippen molar-refractivity contribution in [2.24, 2.45) is 5.41 Å². The summed E-state index contributed by atoms with van der Waals surface area (Å²) in [5, 5.41) is 17.1. The smallest absolute Gasteiger partial charge is 0.453 e. The number of benzene rings is 2. The molecule has 14 heteroatoms. The van der Waals surface area contributed by atoms with Crippen molar-refractivity contribution < 1.29 is 45.8 Å². The molecule has 2 amide bonds. The molecule has 2 fully saturated rings. The van der Waals surface area contributed by atoms with Crippen molar-refractivity contribution in [1.82, 2.24) is 14.5 Å². The summed E-state index contributed by atoms with van der Waals surface area (Å²) < 4.78 is 86.0. The van der Waals surface area contributed by atoms with Crippen LogP contribution in [0, 0.1) is 25.1 Å². The van der Waals surface area contributed by atoms with Crippen LogP contribution in [0.1, 0.15) is 91.4 Å². The Bertz CT molecular complexity index is 1770. The van der Waals surface area contributed by atoms with E-state index in [0.29, 0.717) is 75.1 Å². The topological polar surface area (TPSA) is 82.1 Å². The average Bonchev–Trinajstić information content (AvgIpc) is 3.10. The molecule has 3 aliphatic rings. The highest BCUT2D eigenvalue weighted by Crippen LogP contribution is 2.45. The number of aryl methyl sites for hydroxylation is 2. The van der Waals surface area contributed by atoms with Crippen LogP contribution in [-0.2, 0) is 4.79 Å². The number of aliphatic hydroxyl groups excluding tert-OH is 1. The number of piperidine rings is 2. The van der Waals surface area contributed by atoms with Crippen molar-refractivity contribution in [3.8, 4) is 5.75 Å². The van der Waals surface area contributed by atoms with Gasteiger partial charge in [-0.25, -0.2) is 4.39 Å². The summed E-state index contributed by atoms with van der Waals surface area (Å²) >= 11 is 0. The van der Waals surface area contributed by atoms with E-state index in [9.17, 15) is 41.0 Å². The molecule has 0 aliphatic carbocycles. The Balaban J connectivity index is 1.20. The van der Waals surface area contributed by atoms with Crippen molar-refractivity contribution >= 4 is 39.6 Å². The molecule has 5 rings (SSSR count). The number of ether oxygens (including phenoxy) is 1. The molecular weight excluding hydrogens is 721 g/mol. The van der Waals surface area contributed by atoms with Gasteiger partial charge in [0.05, 0.1) is 18.1 Å². The lowest BCUT2D eigenvalue weighted by molar-refractivity contribution is -0.284. The Morgan fingerprint density at radius 2 is 1.68 bits per heavy atom. The summed E-state index contributed by atoms with van der Waals surface area (Å²) in [6, 6.07) is 7.75. The number of nitrogens with zero attached hydrogens (tertiary/aromatic N) is 2. The fraction of sp³-hybridized carbons (Fsp3) is 0.513. The zero-order valence-corrected chi connectivity index (χ0v) is 31.2. The first-order chi connectivity index (χ1) is 24.9. The number of carbonyl (C=O) groups is 2. The standard InChI is InChI=1S/C39H47F6N3O4S/c1-5-53(20-11-31-25(2)21-29(22-26(31)3)35(50)47-15-9-30(49)10-16-47)48-17-13-37(14-18-48)24-27(4)34(46-36(37)51)28-7-8-32(40)33(23-28)52-19-6-12-38(41,42)39(43,44)45/h5,7-8,11,20-23,30,49H,6,9-10,12-19,24H2,1-4H3,(H,46,51)/b20-11+. The summed E-state index contributed by atoms with van der Waals surface area (Å²) in [7, 11) is -0.314. The van der Waals surface area contributed by atoms with Gasteiger partial charge in [0.25, 0.3) is 5.91 Å². The van der Waals surface area contributed by atoms with E-state index in [0.717, 1.165) is 28.3 Å². The van der Waals surface area contributed by atoms with Crippen LogP contribution in [0.4, 0.5) is 26.3 Å². The van der Waals surface area contributed by atoms with Crippen LogP contribution in [0.25, 0.3) is 11.8 Å². The van der Waals surface area contributed by atoms with E-state index in [1.807, 2.05) is 39.8 Å². The van der Waals surface area contributed by atoms with Crippen molar-refractivity contribution in [2.75, 3.05) is 32.8 Å². The minimum absolute atomic E-state index is 0.0176. The maximum absolute atomic E-state index is 14.5. The number of hydrogen-bond donors (Lipinski definition) is 2. The van der Waals surface area contributed by atoms with Crippen LogP contribution in [0.15, 0.2) is 41.3 Å². The van der Waals surface area contributed by atoms with Gasteiger partial charge in [-0.3, -0.25) is 13.9 Å². The van der Waals surface area contributed by atoms with Gasteiger partial charge in [0, 0.05) is 49.4 Å². The van der Waals surface area contributed by atoms with Crippen LogP contribution in [0.2, 0.25) is 0 Å². The van der Waals surface area contributed by atoms with Crippen LogP contribution < -0.4 is 10.1 Å². The Morgan fingerprint density at radius 3 is 2.28 bits per heavy atom. The number of rotatable bonds is 10. The van der Waals surface area contributed by atoms with Crippen molar-refractivity contribution in [3.05, 3.63) is 74.9 Å². The second kappa shape index (κ2) is 16.4. The fourth-order valence-corrected chi connectivity index (χ4v) is 8.84. The zero-order chi connectivity index (χ0) is 38.7. The third kappa shape index (κ3) is 9.20. The first kappa shape index (κ1) is 40.6. The van der Waals surface area contributed by atoms with Crippen LogP contribution in [-0.4, -0.2) is 82.5 Å². The Labute approximate surface area is 309 Å². The molecule has 0 radical (unpaired) electrons. The number of carbonyl (C=O) groups excluding carboxylic acids is 2. The highest BCUT2D eigenvalue weighted by molar-refractivity contribution is 8.15. The molecule has 1 unspecified atom stereocenters. The minimum atomic E-state index is -5.67. The molecule has 0 aromatic heterocycles. The van der Waals surface area contributed by atoms with Gasteiger partial charge in [-0.05, 0) is 136 Å². The highest BCUT2D eigenvalue weighted by atomic mass is 32.2. The molecule has 3 heterocycles. The number of aliphatic hydroxyl groups is 1. The molecule has 290 valence electrons. The molecule has 0 bridgehead atoms. The lowest BCUT2D eigenvalue weighted by Crippen LogP contribution is -2.49. The maximum Gasteiger partial charge on any atom is 0.453 e. The summed E-state index contributed by atoms with van der Waals surface area (Å²) in [5.74, 6) is -6.12. The molecule has 1 atom stereocenters. The largest absolute Gasteiger partial charge is 0.490 e. The van der Waals surface area contributed by atoms with E-state index >= 15 is 0 Å². The van der Waals surface area contributed by atoms with E-state index < -0.39 is 42.8 Å². The van der Waals surface area contributed by atoms with E-state index in [4.69, 9.17) is 4.74 Å². The number of hydrogen-bond acceptors (Lipinski definition) is 5. The summed E-state index contributed by atoms with van der Waals surface area (Å²) in [6.45, 7) is 9.83. The van der Waals surface area contributed by atoms with Gasteiger partial charge >= 0.3 is 12.1 Å². The molecular formula is C39H47F6N3O4S. The molecule has 2 aromatic rings. The lowest BCUT2D eigenvalue weighted by Gasteiger charge is -2.44. The van der Waals surface area contributed by atoms with Gasteiger partial charge in [0.2, 0.25) is 5.91 Å². The van der Waals surface area contributed by atoms with E-state index in [1.54, 1.807) is 4.90 Å². The van der Waals surface area contributed by atoms with Crippen LogP contribution >= 0.6 is 10.7 Å². The van der Waals surface area contributed by atoms with Gasteiger partial charge in [-0.2, -0.15) is 22.0 Å². The second-order valence-corrected chi connectivity index (χ2v) is 16.2. The van der Waals surface area contributed by atoms with Crippen LogP contribution in [0.5, 0.6) is 5.75 Å². The first-order valence-corrected chi connectivity index (χ1v) is 19.2. The molecule has 0 saturated carbocycles. The lowest BCUT2D eigenvalue weighted by atomic mass is 9.71. The number of halogens is 6. The molecule has 2 saturated heterocycles. The highest BCUT2D eigenvalue weighted by Gasteiger charge is 2.56. The number of alkyl halides is 5. The Hall–Kier alpha value is -3.62. The quantitative estimate of drug-likeness (QED) is 0.144. The van der Waals surface area contributed by atoms with E-state index in [1.165, 1.54) is 12.1 Å². The van der Waals surface area contributed by atoms with Crippen molar-refractivity contribution in [2.45, 2.75) is 90.8 Å². The number of allylic oxidation sites excluding steroid dienone is 1. The summed E-state index contributed by atoms with van der Waals surface area (Å²) in [4.78, 5) is 28.6. The first-order valence-electron chi connectivity index (χ1n) is 17.9. The van der Waals surface area contributed by atoms with Crippen molar-refractivity contribution in [3.63, 3.8) is 0 Å². The predicted molar refractivity (Wildman–Crippen MR) is 196 cm³/mol. The molecule has 3 aliphatic heterocycles. The number of nitrogens with one attached hydrogen (secondary N) is 1. The maximum atomic E-state index is 14.5. The molecule has 53 heavy (non-hydrogen) atoms. The van der Waals surface area contributed by atoms with E-state index in [2.05, 4.69) is 26.5 Å². The molecule has 2 N–H and O–H groups in total. The predicted octanol–water partition coefficient (Wildman–Crippen LogP) is 8.41. The third-order valence-corrected chi connectivity index (χ3v) is 12.3. The second-order valence-electron chi connectivity index (χ2n) is 14.2. The summed E-state index contributed by atoms with van der Waals surface area (Å²) in [5.41, 5.74) is 4.91. The van der Waals surface area contributed by atoms with Crippen LogP contribution in [0.3, 0.4) is 0 Å². The zero-order valence-electron chi connectivity index (χ0n) is 30.4. The normalized spacial score (nSPS) is 19.7. The average molecular weight is 768 g/mol. The number of amides is 2. The van der Waals surface area contributed by atoms with Gasteiger partial charge in [-0.15, -0.1) is 0 Å². The molecule has 1 spiro atoms. The van der Waals surface area contributed by atoms with Gasteiger partial charge < -0.3 is 20.1 Å². The van der Waals surface area contributed by atoms with Gasteiger partial charge in [-0.1, -0.05) is 10.7 Å².